The first-order chi connectivity index (χ1) is 12.1. The highest BCUT2D eigenvalue weighted by atomic mass is 16.7. The summed E-state index contributed by atoms with van der Waals surface area (Å²) in [4.78, 5) is 12.3. The first kappa shape index (κ1) is 17.1. The van der Waals surface area contributed by atoms with Gasteiger partial charge in [0.05, 0.1) is 0 Å². The molecular weight excluding hydrogens is 318 g/mol. The molecule has 3 rings (SSSR count). The molecule has 25 heavy (non-hydrogen) atoms. The van der Waals surface area contributed by atoms with Crippen molar-refractivity contribution in [1.29, 1.82) is 0 Å². The number of ether oxygens (including phenoxy) is 3. The smallest absolute Gasteiger partial charge is 0.260 e. The van der Waals surface area contributed by atoms with Crippen LogP contribution in [-0.4, -0.2) is 24.8 Å². The monoisotopic (exact) mass is 341 g/mol. The van der Waals surface area contributed by atoms with Crippen LogP contribution < -0.4 is 19.5 Å². The Bertz CT molecular complexity index is 717. The topological polar surface area (TPSA) is 56.8 Å². The van der Waals surface area contributed by atoms with Gasteiger partial charge in [-0.3, -0.25) is 4.79 Å². The molecule has 1 heterocycles. The van der Waals surface area contributed by atoms with Crippen molar-refractivity contribution in [2.75, 3.05) is 6.79 Å². The molecule has 5 heteroatoms. The average molecular weight is 341 g/mol. The van der Waals surface area contributed by atoms with Crippen molar-refractivity contribution in [2.24, 2.45) is 0 Å². The van der Waals surface area contributed by atoms with E-state index in [0.29, 0.717) is 17.2 Å². The Morgan fingerprint density at radius 1 is 1.12 bits per heavy atom. The number of hydrogen-bond donors (Lipinski definition) is 1. The van der Waals surface area contributed by atoms with Crippen LogP contribution in [0.1, 0.15) is 25.8 Å². The number of amides is 1. The largest absolute Gasteiger partial charge is 0.481 e. The Hall–Kier alpha value is -2.69. The third-order valence-electron chi connectivity index (χ3n) is 4.12. The van der Waals surface area contributed by atoms with Gasteiger partial charge in [0, 0.05) is 12.1 Å². The van der Waals surface area contributed by atoms with E-state index >= 15 is 0 Å². The lowest BCUT2D eigenvalue weighted by molar-refractivity contribution is -0.127. The number of rotatable bonds is 7. The van der Waals surface area contributed by atoms with Crippen LogP contribution in [0.4, 0.5) is 0 Å². The molecule has 0 saturated carbocycles. The van der Waals surface area contributed by atoms with E-state index in [4.69, 9.17) is 14.2 Å². The van der Waals surface area contributed by atoms with Gasteiger partial charge in [-0.1, -0.05) is 30.3 Å². The molecule has 0 fully saturated rings. The lowest BCUT2D eigenvalue weighted by Crippen LogP contribution is -2.41. The SMILES string of the molecule is C[C@H](Oc1ccc2c(c1)OCO2)C(=O)N[C@@H](C)CCc1ccccc1. The molecule has 1 amide bonds. The summed E-state index contributed by atoms with van der Waals surface area (Å²) in [5.41, 5.74) is 1.27. The fraction of sp³-hybridized carbons (Fsp3) is 0.350. The number of aryl methyl sites for hydroxylation is 1. The second kappa shape index (κ2) is 7.92. The molecular formula is C20H23NO4. The van der Waals surface area contributed by atoms with E-state index in [2.05, 4.69) is 17.4 Å². The summed E-state index contributed by atoms with van der Waals surface area (Å²) in [6.07, 6.45) is 1.23. The zero-order chi connectivity index (χ0) is 17.6. The van der Waals surface area contributed by atoms with E-state index in [1.54, 1.807) is 25.1 Å². The van der Waals surface area contributed by atoms with Crippen LogP contribution in [0.5, 0.6) is 17.2 Å². The molecule has 2 aromatic rings. The van der Waals surface area contributed by atoms with Crippen LogP contribution in [0.3, 0.4) is 0 Å². The van der Waals surface area contributed by atoms with Crippen molar-refractivity contribution in [3.63, 3.8) is 0 Å². The maximum absolute atomic E-state index is 12.3. The summed E-state index contributed by atoms with van der Waals surface area (Å²) >= 11 is 0. The van der Waals surface area contributed by atoms with E-state index in [9.17, 15) is 4.79 Å². The molecule has 1 aliphatic rings. The lowest BCUT2D eigenvalue weighted by atomic mass is 10.1. The fourth-order valence-corrected chi connectivity index (χ4v) is 2.67. The van der Waals surface area contributed by atoms with Crippen LogP contribution in [0.25, 0.3) is 0 Å². The summed E-state index contributed by atoms with van der Waals surface area (Å²) in [7, 11) is 0. The van der Waals surface area contributed by atoms with Crippen molar-refractivity contribution in [1.82, 2.24) is 5.32 Å². The minimum absolute atomic E-state index is 0.0792. The third kappa shape index (κ3) is 4.66. The van der Waals surface area contributed by atoms with Crippen LogP contribution in [-0.2, 0) is 11.2 Å². The van der Waals surface area contributed by atoms with Crippen molar-refractivity contribution in [2.45, 2.75) is 38.8 Å². The summed E-state index contributed by atoms with van der Waals surface area (Å²) in [5, 5.41) is 3.00. The number of hydrogen-bond acceptors (Lipinski definition) is 4. The Balaban J connectivity index is 1.47. The second-order valence-corrected chi connectivity index (χ2v) is 6.21. The van der Waals surface area contributed by atoms with Gasteiger partial charge < -0.3 is 19.5 Å². The molecule has 1 N–H and O–H groups in total. The van der Waals surface area contributed by atoms with Crippen molar-refractivity contribution in [3.8, 4) is 17.2 Å². The predicted molar refractivity (Wildman–Crippen MR) is 95.0 cm³/mol. The summed E-state index contributed by atoms with van der Waals surface area (Å²) < 4.78 is 16.3. The Labute approximate surface area is 147 Å². The van der Waals surface area contributed by atoms with Gasteiger partial charge in [-0.2, -0.15) is 0 Å². The average Bonchev–Trinajstić information content (AvgIpc) is 3.08. The maximum Gasteiger partial charge on any atom is 0.260 e. The number of nitrogens with one attached hydrogen (secondary N) is 1. The predicted octanol–water partition coefficient (Wildman–Crippen LogP) is 3.32. The zero-order valence-electron chi connectivity index (χ0n) is 14.5. The van der Waals surface area contributed by atoms with Gasteiger partial charge in [-0.15, -0.1) is 0 Å². The highest BCUT2D eigenvalue weighted by Gasteiger charge is 2.19. The van der Waals surface area contributed by atoms with Gasteiger partial charge in [0.25, 0.3) is 5.91 Å². The first-order valence-corrected chi connectivity index (χ1v) is 8.52. The second-order valence-electron chi connectivity index (χ2n) is 6.21. The zero-order valence-corrected chi connectivity index (χ0v) is 14.5. The number of fused-ring (bicyclic) bond motifs is 1. The molecule has 0 aliphatic carbocycles. The van der Waals surface area contributed by atoms with Gasteiger partial charge in [0.1, 0.15) is 5.75 Å². The van der Waals surface area contributed by atoms with Crippen LogP contribution >= 0.6 is 0 Å². The molecule has 2 aromatic carbocycles. The molecule has 1 aliphatic heterocycles. The van der Waals surface area contributed by atoms with E-state index in [1.165, 1.54) is 5.56 Å². The van der Waals surface area contributed by atoms with E-state index in [0.717, 1.165) is 12.8 Å². The van der Waals surface area contributed by atoms with Crippen molar-refractivity contribution < 1.29 is 19.0 Å². The number of carbonyl (C=O) groups excluding carboxylic acids is 1. The molecule has 0 aromatic heterocycles. The maximum atomic E-state index is 12.3. The molecule has 0 radical (unpaired) electrons. The van der Waals surface area contributed by atoms with Gasteiger partial charge in [-0.05, 0) is 44.4 Å². The highest BCUT2D eigenvalue weighted by Crippen LogP contribution is 2.35. The molecule has 0 unspecified atom stereocenters. The lowest BCUT2D eigenvalue weighted by Gasteiger charge is -2.19. The third-order valence-corrected chi connectivity index (χ3v) is 4.12. The minimum atomic E-state index is -0.584. The van der Waals surface area contributed by atoms with E-state index < -0.39 is 6.10 Å². The molecule has 0 spiro atoms. The number of carbonyl (C=O) groups is 1. The van der Waals surface area contributed by atoms with Gasteiger partial charge in [0.2, 0.25) is 6.79 Å². The minimum Gasteiger partial charge on any atom is -0.481 e. The van der Waals surface area contributed by atoms with Gasteiger partial charge >= 0.3 is 0 Å². The summed E-state index contributed by atoms with van der Waals surface area (Å²) in [6, 6.07) is 15.6. The molecule has 132 valence electrons. The molecule has 2 atom stereocenters. The van der Waals surface area contributed by atoms with Crippen molar-refractivity contribution >= 4 is 5.91 Å². The van der Waals surface area contributed by atoms with Crippen molar-refractivity contribution in [3.05, 3.63) is 54.1 Å². The van der Waals surface area contributed by atoms with Crippen LogP contribution in [0.15, 0.2) is 48.5 Å². The van der Waals surface area contributed by atoms with E-state index in [1.807, 2.05) is 25.1 Å². The Morgan fingerprint density at radius 3 is 2.68 bits per heavy atom. The van der Waals surface area contributed by atoms with Crippen LogP contribution in [0, 0.1) is 0 Å². The van der Waals surface area contributed by atoms with E-state index in [-0.39, 0.29) is 18.7 Å². The van der Waals surface area contributed by atoms with Gasteiger partial charge in [0.15, 0.2) is 17.6 Å². The normalized spacial score (nSPS) is 14.6. The Kier molecular flexibility index (Phi) is 5.43. The number of benzene rings is 2. The summed E-state index contributed by atoms with van der Waals surface area (Å²) in [5.74, 6) is 1.79. The standard InChI is InChI=1S/C20H23NO4/c1-14(8-9-16-6-4-3-5-7-16)21-20(22)15(2)25-17-10-11-18-19(12-17)24-13-23-18/h3-7,10-12,14-15H,8-9,13H2,1-2H3,(H,21,22)/t14-,15-/m0/s1. The van der Waals surface area contributed by atoms with Gasteiger partial charge in [-0.25, -0.2) is 0 Å². The quantitative estimate of drug-likeness (QED) is 0.839. The fourth-order valence-electron chi connectivity index (χ4n) is 2.67. The molecule has 0 saturated heterocycles. The molecule has 0 bridgehead atoms. The summed E-state index contributed by atoms with van der Waals surface area (Å²) in [6.45, 7) is 3.96. The Morgan fingerprint density at radius 2 is 1.88 bits per heavy atom. The van der Waals surface area contributed by atoms with Crippen LogP contribution in [0.2, 0.25) is 0 Å². The first-order valence-electron chi connectivity index (χ1n) is 8.52. The molecule has 5 nitrogen and oxygen atoms in total. The highest BCUT2D eigenvalue weighted by molar-refractivity contribution is 5.81.